The van der Waals surface area contributed by atoms with Gasteiger partial charge in [0.1, 0.15) is 5.78 Å². The first kappa shape index (κ1) is 9.89. The van der Waals surface area contributed by atoms with Crippen LogP contribution in [-0.2, 0) is 4.79 Å². The fraction of sp³-hybridized carbons (Fsp3) is 0.875. The zero-order valence-corrected chi connectivity index (χ0v) is 8.24. The average Bonchev–Trinajstić information content (AvgIpc) is 1.79. The van der Waals surface area contributed by atoms with Crippen molar-refractivity contribution in [3.63, 3.8) is 0 Å². The Balaban J connectivity index is 2.98. The van der Waals surface area contributed by atoms with E-state index in [1.807, 2.05) is 0 Å². The second-order valence-corrected chi connectivity index (χ2v) is 6.03. The minimum Gasteiger partial charge on any atom is -0.300 e. The predicted octanol–water partition coefficient (Wildman–Crippen LogP) is 2.50. The zero-order valence-electron chi connectivity index (χ0n) is 7.24. The molecule has 0 aliphatic rings. The summed E-state index contributed by atoms with van der Waals surface area (Å²) < 4.78 is 0. The van der Waals surface area contributed by atoms with Crippen molar-refractivity contribution in [2.75, 3.05) is 0 Å². The van der Waals surface area contributed by atoms with Crippen LogP contribution in [0.5, 0.6) is 0 Å². The van der Waals surface area contributed by atoms with Gasteiger partial charge < -0.3 is 4.79 Å². The lowest BCUT2D eigenvalue weighted by molar-refractivity contribution is -0.117. The van der Waals surface area contributed by atoms with Gasteiger partial charge in [-0.15, -0.1) is 0 Å². The standard InChI is InChI=1S/C8H17OSi/c1-8(9)6-4-5-7-10(2)3/h4-7H2,1-3H3. The van der Waals surface area contributed by atoms with Gasteiger partial charge in [0.05, 0.1) is 0 Å². The largest absolute Gasteiger partial charge is 0.300 e. The highest BCUT2D eigenvalue weighted by Gasteiger charge is 1.96. The van der Waals surface area contributed by atoms with Gasteiger partial charge in [-0.25, -0.2) is 0 Å². The van der Waals surface area contributed by atoms with E-state index in [1.54, 1.807) is 6.92 Å². The number of carbonyl (C=O) groups excluding carboxylic acids is 1. The lowest BCUT2D eigenvalue weighted by Crippen LogP contribution is -1.98. The molecule has 0 N–H and O–H groups in total. The van der Waals surface area contributed by atoms with E-state index in [0.717, 1.165) is 12.8 Å². The zero-order chi connectivity index (χ0) is 7.98. The van der Waals surface area contributed by atoms with Gasteiger partial charge in [0.15, 0.2) is 0 Å². The molecule has 0 atom stereocenters. The molecule has 0 aromatic heterocycles. The lowest BCUT2D eigenvalue weighted by Gasteiger charge is -1.99. The SMILES string of the molecule is CC(=O)CCCC[Si](C)C. The van der Waals surface area contributed by atoms with Crippen LogP contribution >= 0.6 is 0 Å². The van der Waals surface area contributed by atoms with Crippen molar-refractivity contribution >= 4 is 14.6 Å². The van der Waals surface area contributed by atoms with Crippen LogP contribution in [-0.4, -0.2) is 14.6 Å². The number of hydrogen-bond acceptors (Lipinski definition) is 1. The number of hydrogen-bond donors (Lipinski definition) is 0. The topological polar surface area (TPSA) is 17.1 Å². The van der Waals surface area contributed by atoms with Crippen molar-refractivity contribution in [1.82, 2.24) is 0 Å². The Bertz CT molecular complexity index is 99.4. The fourth-order valence-corrected chi connectivity index (χ4v) is 1.81. The number of rotatable bonds is 5. The molecular weight excluding hydrogens is 140 g/mol. The summed E-state index contributed by atoms with van der Waals surface area (Å²) >= 11 is 0. The minimum absolute atomic E-state index is 0.0437. The summed E-state index contributed by atoms with van der Waals surface area (Å²) in [6, 6.07) is 1.36. The van der Waals surface area contributed by atoms with Gasteiger partial charge in [-0.2, -0.15) is 0 Å². The van der Waals surface area contributed by atoms with Crippen molar-refractivity contribution in [2.24, 2.45) is 0 Å². The van der Waals surface area contributed by atoms with E-state index >= 15 is 0 Å². The Morgan fingerprint density at radius 1 is 1.30 bits per heavy atom. The molecule has 0 fully saturated rings. The first-order chi connectivity index (χ1) is 4.63. The first-order valence-corrected chi connectivity index (χ1v) is 6.62. The molecule has 0 aliphatic carbocycles. The Morgan fingerprint density at radius 2 is 1.90 bits per heavy atom. The van der Waals surface area contributed by atoms with E-state index in [4.69, 9.17) is 0 Å². The summed E-state index contributed by atoms with van der Waals surface area (Å²) in [5, 5.41) is 0. The highest BCUT2D eigenvalue weighted by Crippen LogP contribution is 2.03. The third-order valence-electron chi connectivity index (χ3n) is 1.46. The third kappa shape index (κ3) is 7.89. The number of carbonyl (C=O) groups is 1. The lowest BCUT2D eigenvalue weighted by atomic mass is 10.2. The van der Waals surface area contributed by atoms with Crippen molar-refractivity contribution < 1.29 is 4.79 Å². The molecule has 0 saturated heterocycles. The quantitative estimate of drug-likeness (QED) is 0.442. The monoisotopic (exact) mass is 157 g/mol. The molecule has 0 bridgehead atoms. The average molecular weight is 157 g/mol. The van der Waals surface area contributed by atoms with E-state index < -0.39 is 0 Å². The highest BCUT2D eigenvalue weighted by atomic mass is 28.3. The molecule has 0 amide bonds. The first-order valence-electron chi connectivity index (χ1n) is 3.91. The molecule has 0 rings (SSSR count). The molecule has 0 saturated carbocycles. The summed E-state index contributed by atoms with van der Waals surface area (Å²) in [4.78, 5) is 10.5. The minimum atomic E-state index is -0.0437. The maximum Gasteiger partial charge on any atom is 0.129 e. The summed E-state index contributed by atoms with van der Waals surface area (Å²) in [5.74, 6) is 0.334. The molecule has 0 aliphatic heterocycles. The smallest absolute Gasteiger partial charge is 0.129 e. The Kier molecular flexibility index (Phi) is 5.59. The van der Waals surface area contributed by atoms with Crippen LogP contribution in [0, 0.1) is 0 Å². The van der Waals surface area contributed by atoms with Gasteiger partial charge in [-0.05, 0) is 13.3 Å². The summed E-state index contributed by atoms with van der Waals surface area (Å²) in [6.45, 7) is 6.31. The Morgan fingerprint density at radius 3 is 2.30 bits per heavy atom. The molecule has 0 heterocycles. The van der Waals surface area contributed by atoms with Gasteiger partial charge in [-0.3, -0.25) is 0 Å². The molecule has 59 valence electrons. The van der Waals surface area contributed by atoms with Gasteiger partial charge in [-0.1, -0.05) is 25.6 Å². The molecule has 0 spiro atoms. The van der Waals surface area contributed by atoms with Crippen molar-refractivity contribution in [3.05, 3.63) is 0 Å². The molecule has 2 heteroatoms. The molecule has 0 aromatic carbocycles. The van der Waals surface area contributed by atoms with E-state index in [1.165, 1.54) is 12.5 Å². The van der Waals surface area contributed by atoms with Crippen molar-refractivity contribution in [3.8, 4) is 0 Å². The molecular formula is C8H17OSi. The van der Waals surface area contributed by atoms with Crippen LogP contribution in [0.1, 0.15) is 26.2 Å². The van der Waals surface area contributed by atoms with Crippen LogP contribution in [0.4, 0.5) is 0 Å². The van der Waals surface area contributed by atoms with Gasteiger partial charge in [0.25, 0.3) is 0 Å². The van der Waals surface area contributed by atoms with Gasteiger partial charge >= 0.3 is 0 Å². The van der Waals surface area contributed by atoms with Crippen LogP contribution in [0.25, 0.3) is 0 Å². The maximum atomic E-state index is 10.5. The van der Waals surface area contributed by atoms with Crippen molar-refractivity contribution in [1.29, 1.82) is 0 Å². The van der Waals surface area contributed by atoms with Crippen LogP contribution < -0.4 is 0 Å². The van der Waals surface area contributed by atoms with Gasteiger partial charge in [0.2, 0.25) is 0 Å². The molecule has 10 heavy (non-hydrogen) atoms. The predicted molar refractivity (Wildman–Crippen MR) is 46.8 cm³/mol. The normalized spacial score (nSPS) is 10.4. The van der Waals surface area contributed by atoms with Crippen LogP contribution in [0.3, 0.4) is 0 Å². The maximum absolute atomic E-state index is 10.5. The fourth-order valence-electron chi connectivity index (χ4n) is 0.852. The summed E-state index contributed by atoms with van der Waals surface area (Å²) in [6.07, 6.45) is 3.14. The second-order valence-electron chi connectivity index (χ2n) is 3.12. The highest BCUT2D eigenvalue weighted by molar-refractivity contribution is 6.55. The van der Waals surface area contributed by atoms with E-state index in [2.05, 4.69) is 13.1 Å². The second kappa shape index (κ2) is 5.66. The van der Waals surface area contributed by atoms with E-state index in [9.17, 15) is 4.79 Å². The van der Waals surface area contributed by atoms with Crippen LogP contribution in [0.15, 0.2) is 0 Å². The molecule has 1 nitrogen and oxygen atoms in total. The van der Waals surface area contributed by atoms with Crippen LogP contribution in [0.2, 0.25) is 19.1 Å². The Labute approximate surface area is 65.4 Å². The summed E-state index contributed by atoms with van der Waals surface area (Å²) in [7, 11) is -0.0437. The molecule has 0 unspecified atom stereocenters. The third-order valence-corrected chi connectivity index (χ3v) is 2.81. The summed E-state index contributed by atoms with van der Waals surface area (Å²) in [5.41, 5.74) is 0. The number of unbranched alkanes of at least 4 members (excludes halogenated alkanes) is 1. The van der Waals surface area contributed by atoms with Gasteiger partial charge in [0, 0.05) is 15.2 Å². The van der Waals surface area contributed by atoms with Crippen molar-refractivity contribution in [2.45, 2.75) is 45.3 Å². The number of Topliss-reactive ketones (excluding diaryl/α,β-unsaturated/α-hetero) is 1. The van der Waals surface area contributed by atoms with E-state index in [0.29, 0.717) is 5.78 Å². The number of ketones is 1. The molecule has 1 radical (unpaired) electrons. The molecule has 0 aromatic rings. The Hall–Kier alpha value is -0.113. The van der Waals surface area contributed by atoms with E-state index in [-0.39, 0.29) is 8.80 Å².